The molecule has 2 amide bonds. The van der Waals surface area contributed by atoms with Crippen LogP contribution >= 0.6 is 11.6 Å². The van der Waals surface area contributed by atoms with Gasteiger partial charge in [-0.25, -0.2) is 9.59 Å². The third-order valence-electron chi connectivity index (χ3n) is 3.39. The fraction of sp³-hybridized carbons (Fsp3) is 0.333. The van der Waals surface area contributed by atoms with Gasteiger partial charge in [-0.2, -0.15) is 0 Å². The molecule has 1 aliphatic carbocycles. The first-order chi connectivity index (χ1) is 10.1. The maximum Gasteiger partial charge on any atom is 0.335 e. The van der Waals surface area contributed by atoms with Crippen LogP contribution in [0.1, 0.15) is 29.6 Å². The largest absolute Gasteiger partial charge is 0.478 e. The minimum atomic E-state index is -1.06. The van der Waals surface area contributed by atoms with Gasteiger partial charge in [0.1, 0.15) is 0 Å². The maximum absolute atomic E-state index is 11.8. The molecule has 6 heteroatoms. The monoisotopic (exact) mass is 308 g/mol. The lowest BCUT2D eigenvalue weighted by Crippen LogP contribution is -2.33. The second kappa shape index (κ2) is 7.13. The normalized spacial score (nSPS) is 17.3. The molecule has 0 fully saturated rings. The van der Waals surface area contributed by atoms with Crippen LogP contribution in [0.2, 0.25) is 5.02 Å². The summed E-state index contributed by atoms with van der Waals surface area (Å²) in [5, 5.41) is 14.5. The summed E-state index contributed by atoms with van der Waals surface area (Å²) in [6.45, 7) is 0.612. The Balaban J connectivity index is 1.87. The molecular weight excluding hydrogens is 292 g/mol. The van der Waals surface area contributed by atoms with Gasteiger partial charge in [0.25, 0.3) is 0 Å². The van der Waals surface area contributed by atoms with Crippen LogP contribution in [0.3, 0.4) is 0 Å². The zero-order valence-corrected chi connectivity index (χ0v) is 12.2. The number of aromatic carboxylic acids is 1. The number of rotatable bonds is 4. The highest BCUT2D eigenvalue weighted by molar-refractivity contribution is 6.34. The van der Waals surface area contributed by atoms with E-state index in [4.69, 9.17) is 16.7 Å². The molecular formula is C15H17ClN2O3. The van der Waals surface area contributed by atoms with E-state index >= 15 is 0 Å². The summed E-state index contributed by atoms with van der Waals surface area (Å²) in [6.07, 6.45) is 7.39. The molecule has 0 saturated carbocycles. The quantitative estimate of drug-likeness (QED) is 0.745. The summed E-state index contributed by atoms with van der Waals surface area (Å²) in [6, 6.07) is 3.85. The topological polar surface area (TPSA) is 78.4 Å². The summed E-state index contributed by atoms with van der Waals surface area (Å²) < 4.78 is 0. The number of nitrogens with one attached hydrogen (secondary N) is 2. The van der Waals surface area contributed by atoms with Crippen LogP contribution in [0.5, 0.6) is 0 Å². The molecule has 0 aliphatic heterocycles. The van der Waals surface area contributed by atoms with Crippen LogP contribution in [-0.4, -0.2) is 23.7 Å². The fourth-order valence-electron chi connectivity index (χ4n) is 2.19. The number of hydrogen-bond acceptors (Lipinski definition) is 2. The smallest absolute Gasteiger partial charge is 0.335 e. The van der Waals surface area contributed by atoms with E-state index < -0.39 is 5.97 Å². The Hall–Kier alpha value is -2.01. The molecule has 1 aromatic carbocycles. The van der Waals surface area contributed by atoms with Gasteiger partial charge in [0.15, 0.2) is 0 Å². The number of amides is 2. The van der Waals surface area contributed by atoms with Crippen LogP contribution in [0.25, 0.3) is 0 Å². The molecule has 0 saturated heterocycles. The number of benzene rings is 1. The number of carbonyl (C=O) groups is 2. The van der Waals surface area contributed by atoms with E-state index in [1.165, 1.54) is 18.2 Å². The molecule has 3 N–H and O–H groups in total. The maximum atomic E-state index is 11.8. The van der Waals surface area contributed by atoms with Gasteiger partial charge in [-0.1, -0.05) is 23.8 Å². The van der Waals surface area contributed by atoms with Crippen molar-refractivity contribution in [3.63, 3.8) is 0 Å². The predicted octanol–water partition coefficient (Wildman–Crippen LogP) is 3.52. The number of urea groups is 1. The number of anilines is 1. The molecule has 1 unspecified atom stereocenters. The minimum absolute atomic E-state index is 0.0833. The number of carboxylic acid groups (broad SMARTS) is 1. The van der Waals surface area contributed by atoms with Crippen molar-refractivity contribution in [2.24, 2.45) is 5.92 Å². The molecule has 112 valence electrons. The lowest BCUT2D eigenvalue weighted by molar-refractivity contribution is 0.0697. The highest BCUT2D eigenvalue weighted by Crippen LogP contribution is 2.23. The van der Waals surface area contributed by atoms with Gasteiger partial charge >= 0.3 is 12.0 Å². The van der Waals surface area contributed by atoms with Crippen LogP contribution in [0.15, 0.2) is 30.4 Å². The number of halogens is 1. The van der Waals surface area contributed by atoms with Crippen LogP contribution in [0.4, 0.5) is 10.5 Å². The first kappa shape index (κ1) is 15.4. The summed E-state index contributed by atoms with van der Waals surface area (Å²) in [4.78, 5) is 22.6. The Morgan fingerprint density at radius 2 is 2.14 bits per heavy atom. The Bertz CT molecular complexity index is 572. The van der Waals surface area contributed by atoms with E-state index in [2.05, 4.69) is 22.8 Å². The molecule has 0 radical (unpaired) electrons. The average molecular weight is 309 g/mol. The number of carbonyl (C=O) groups excluding carboxylic acids is 1. The third-order valence-corrected chi connectivity index (χ3v) is 3.71. The van der Waals surface area contributed by atoms with E-state index in [-0.39, 0.29) is 16.6 Å². The molecule has 0 aromatic heterocycles. The molecule has 2 rings (SSSR count). The molecule has 5 nitrogen and oxygen atoms in total. The van der Waals surface area contributed by atoms with Crippen LogP contribution < -0.4 is 10.6 Å². The standard InChI is InChI=1S/C15H17ClN2O3/c16-12-8-11(14(19)20)6-7-13(12)18-15(21)17-9-10-4-2-1-3-5-10/h1-2,6-8,10H,3-5,9H2,(H,19,20)(H2,17,18,21). The molecule has 1 aromatic rings. The van der Waals surface area contributed by atoms with Gasteiger partial charge in [-0.05, 0) is 43.4 Å². The molecule has 0 heterocycles. The lowest BCUT2D eigenvalue weighted by atomic mass is 9.94. The second-order valence-electron chi connectivity index (χ2n) is 4.99. The highest BCUT2D eigenvalue weighted by Gasteiger charge is 2.13. The Morgan fingerprint density at radius 1 is 1.33 bits per heavy atom. The molecule has 1 atom stereocenters. The van der Waals surface area contributed by atoms with E-state index in [1.807, 2.05) is 0 Å². The van der Waals surface area contributed by atoms with Crippen LogP contribution in [0, 0.1) is 5.92 Å². The Labute approximate surface area is 128 Å². The Morgan fingerprint density at radius 3 is 2.76 bits per heavy atom. The van der Waals surface area contributed by atoms with Crippen molar-refractivity contribution in [3.05, 3.63) is 40.9 Å². The van der Waals surface area contributed by atoms with Crippen molar-refractivity contribution >= 4 is 29.3 Å². The van der Waals surface area contributed by atoms with Crippen molar-refractivity contribution in [2.75, 3.05) is 11.9 Å². The summed E-state index contributed by atoms with van der Waals surface area (Å²) >= 11 is 5.95. The van der Waals surface area contributed by atoms with E-state index in [1.54, 1.807) is 0 Å². The minimum Gasteiger partial charge on any atom is -0.478 e. The molecule has 1 aliphatic rings. The van der Waals surface area contributed by atoms with Gasteiger partial charge in [0.2, 0.25) is 0 Å². The predicted molar refractivity (Wildman–Crippen MR) is 81.9 cm³/mol. The summed E-state index contributed by atoms with van der Waals surface area (Å²) in [5.74, 6) is -0.594. The lowest BCUT2D eigenvalue weighted by Gasteiger charge is -2.18. The number of hydrogen-bond donors (Lipinski definition) is 3. The van der Waals surface area contributed by atoms with Gasteiger partial charge < -0.3 is 15.7 Å². The molecule has 0 spiro atoms. The first-order valence-corrected chi connectivity index (χ1v) is 7.16. The second-order valence-corrected chi connectivity index (χ2v) is 5.39. The SMILES string of the molecule is O=C(NCC1CC=CCC1)Nc1ccc(C(=O)O)cc1Cl. The zero-order valence-electron chi connectivity index (χ0n) is 11.4. The Kier molecular flexibility index (Phi) is 5.22. The average Bonchev–Trinajstić information content (AvgIpc) is 2.48. The van der Waals surface area contributed by atoms with Gasteiger partial charge in [-0.3, -0.25) is 0 Å². The van der Waals surface area contributed by atoms with E-state index in [9.17, 15) is 9.59 Å². The summed E-state index contributed by atoms with van der Waals surface area (Å²) in [7, 11) is 0. The van der Waals surface area contributed by atoms with Crippen molar-refractivity contribution < 1.29 is 14.7 Å². The van der Waals surface area contributed by atoms with Gasteiger partial charge in [-0.15, -0.1) is 0 Å². The molecule has 0 bridgehead atoms. The van der Waals surface area contributed by atoms with E-state index in [0.717, 1.165) is 19.3 Å². The van der Waals surface area contributed by atoms with Crippen molar-refractivity contribution in [1.29, 1.82) is 0 Å². The third kappa shape index (κ3) is 4.49. The van der Waals surface area contributed by atoms with Crippen molar-refractivity contribution in [1.82, 2.24) is 5.32 Å². The van der Waals surface area contributed by atoms with E-state index in [0.29, 0.717) is 18.2 Å². The van der Waals surface area contributed by atoms with Gasteiger partial charge in [0.05, 0.1) is 16.3 Å². The first-order valence-electron chi connectivity index (χ1n) is 6.79. The van der Waals surface area contributed by atoms with Crippen molar-refractivity contribution in [3.8, 4) is 0 Å². The summed E-state index contributed by atoms with van der Waals surface area (Å²) in [5.41, 5.74) is 0.475. The van der Waals surface area contributed by atoms with Gasteiger partial charge in [0, 0.05) is 6.54 Å². The van der Waals surface area contributed by atoms with Crippen LogP contribution in [-0.2, 0) is 0 Å². The zero-order chi connectivity index (χ0) is 15.2. The highest BCUT2D eigenvalue weighted by atomic mass is 35.5. The fourth-order valence-corrected chi connectivity index (χ4v) is 2.42. The number of carboxylic acids is 1. The number of allylic oxidation sites excluding steroid dienone is 2. The van der Waals surface area contributed by atoms with Crippen molar-refractivity contribution in [2.45, 2.75) is 19.3 Å². The molecule has 21 heavy (non-hydrogen) atoms.